The van der Waals surface area contributed by atoms with Crippen molar-refractivity contribution in [2.45, 2.75) is 83.0 Å². The average Bonchev–Trinajstić information content (AvgIpc) is 3.18. The molecule has 0 amide bonds. The zero-order chi connectivity index (χ0) is 35.1. The standard InChI is InChI=1S/C43H48O8/c1-2-46-40-25-36(23-37(26-44)50-40)24-38-41(47-28-33-17-9-4-10-18-33)43(49-30-35-21-13-6-14-22-35)42(48-29-34-19-11-5-12-20-34)39(51-38)31-45-27-32-15-7-3-8-16-32/h3-23,26,36,38-43H,2,24-25,27-31H2,1H3/t36-,38-,39-,40-,41+,42-,43-/m1/s1. The van der Waals surface area contributed by atoms with Gasteiger partial charge in [-0.3, -0.25) is 4.79 Å². The number of benzene rings is 4. The fraction of sp³-hybridized carbons (Fsp3) is 0.372. The molecule has 0 unspecified atom stereocenters. The summed E-state index contributed by atoms with van der Waals surface area (Å²) in [5.74, 6) is 0.205. The van der Waals surface area contributed by atoms with Gasteiger partial charge in [-0.25, -0.2) is 0 Å². The van der Waals surface area contributed by atoms with E-state index in [2.05, 4.69) is 12.1 Å². The summed E-state index contributed by atoms with van der Waals surface area (Å²) >= 11 is 0. The lowest BCUT2D eigenvalue weighted by molar-refractivity contribution is -0.275. The van der Waals surface area contributed by atoms with Crippen molar-refractivity contribution in [1.29, 1.82) is 0 Å². The molecule has 0 spiro atoms. The minimum absolute atomic E-state index is 0.0641. The maximum atomic E-state index is 11.9. The van der Waals surface area contributed by atoms with E-state index >= 15 is 0 Å². The molecule has 1 fully saturated rings. The predicted molar refractivity (Wildman–Crippen MR) is 193 cm³/mol. The number of ether oxygens (including phenoxy) is 7. The molecule has 1 saturated heterocycles. The minimum atomic E-state index is -0.520. The number of allylic oxidation sites excluding steroid dienone is 2. The summed E-state index contributed by atoms with van der Waals surface area (Å²) in [5.41, 5.74) is 4.20. The van der Waals surface area contributed by atoms with Crippen LogP contribution in [0.15, 0.2) is 133 Å². The fourth-order valence-electron chi connectivity index (χ4n) is 6.68. The van der Waals surface area contributed by atoms with Crippen LogP contribution in [0.25, 0.3) is 0 Å². The highest BCUT2D eigenvalue weighted by molar-refractivity contribution is 5.70. The van der Waals surface area contributed by atoms with Gasteiger partial charge >= 0.3 is 0 Å². The summed E-state index contributed by atoms with van der Waals surface area (Å²) in [6.07, 6.45) is 0.776. The maximum Gasteiger partial charge on any atom is 0.200 e. The molecule has 0 radical (unpaired) electrons. The molecule has 0 bridgehead atoms. The van der Waals surface area contributed by atoms with Crippen LogP contribution in [0.2, 0.25) is 0 Å². The predicted octanol–water partition coefficient (Wildman–Crippen LogP) is 7.60. The zero-order valence-electron chi connectivity index (χ0n) is 29.2. The number of carbonyl (C=O) groups excluding carboxylic acids is 1. The number of hydrogen-bond donors (Lipinski definition) is 0. The smallest absolute Gasteiger partial charge is 0.200 e. The lowest BCUT2D eigenvalue weighted by atomic mass is 9.86. The Morgan fingerprint density at radius 1 is 0.608 bits per heavy atom. The molecule has 4 aromatic carbocycles. The van der Waals surface area contributed by atoms with Gasteiger partial charge in [-0.15, -0.1) is 0 Å². The molecule has 8 heteroatoms. The van der Waals surface area contributed by atoms with Crippen LogP contribution in [0.3, 0.4) is 0 Å². The van der Waals surface area contributed by atoms with Crippen LogP contribution in [-0.2, 0) is 64.4 Å². The topological polar surface area (TPSA) is 81.7 Å². The van der Waals surface area contributed by atoms with Gasteiger partial charge in [0.15, 0.2) is 12.0 Å². The molecule has 268 valence electrons. The second kappa shape index (κ2) is 19.5. The molecule has 0 aliphatic carbocycles. The van der Waals surface area contributed by atoms with Crippen molar-refractivity contribution in [3.8, 4) is 0 Å². The van der Waals surface area contributed by atoms with Crippen LogP contribution < -0.4 is 0 Å². The molecule has 4 aromatic rings. The summed E-state index contributed by atoms with van der Waals surface area (Å²) in [7, 11) is 0. The molecule has 0 N–H and O–H groups in total. The average molecular weight is 693 g/mol. The Balaban J connectivity index is 1.32. The molecule has 0 saturated carbocycles. The maximum absolute atomic E-state index is 11.9. The van der Waals surface area contributed by atoms with E-state index in [1.165, 1.54) is 0 Å². The molecule has 51 heavy (non-hydrogen) atoms. The lowest BCUT2D eigenvalue weighted by Gasteiger charge is -2.47. The molecule has 2 aliphatic heterocycles. The molecular weight excluding hydrogens is 644 g/mol. The quantitative estimate of drug-likeness (QED) is 0.0987. The van der Waals surface area contributed by atoms with Crippen molar-refractivity contribution < 1.29 is 38.0 Å². The highest BCUT2D eigenvalue weighted by Gasteiger charge is 2.49. The van der Waals surface area contributed by atoms with E-state index in [-0.39, 0.29) is 18.3 Å². The Labute approximate surface area is 301 Å². The van der Waals surface area contributed by atoms with Crippen molar-refractivity contribution in [3.05, 3.63) is 155 Å². The normalized spacial score (nSPS) is 24.7. The second-order valence-electron chi connectivity index (χ2n) is 12.9. The highest BCUT2D eigenvalue weighted by atomic mass is 16.7. The number of rotatable bonds is 18. The fourth-order valence-corrected chi connectivity index (χ4v) is 6.68. The van der Waals surface area contributed by atoms with Gasteiger partial charge in [0.2, 0.25) is 6.29 Å². The van der Waals surface area contributed by atoms with Crippen molar-refractivity contribution in [2.24, 2.45) is 5.92 Å². The first kappa shape index (κ1) is 36.6. The van der Waals surface area contributed by atoms with Crippen LogP contribution in [-0.4, -0.2) is 56.3 Å². The third kappa shape index (κ3) is 10.9. The Hall–Kier alpha value is -4.15. The number of carbonyl (C=O) groups is 1. The van der Waals surface area contributed by atoms with Crippen molar-refractivity contribution in [2.75, 3.05) is 13.2 Å². The molecule has 7 atom stereocenters. The monoisotopic (exact) mass is 692 g/mol. The van der Waals surface area contributed by atoms with Crippen LogP contribution in [0.4, 0.5) is 0 Å². The summed E-state index contributed by atoms with van der Waals surface area (Å²) in [6.45, 7) is 4.20. The van der Waals surface area contributed by atoms with Crippen molar-refractivity contribution in [1.82, 2.24) is 0 Å². The van der Waals surface area contributed by atoms with Gasteiger partial charge in [0.1, 0.15) is 24.4 Å². The number of aldehydes is 1. The Bertz CT molecular complexity index is 1600. The Morgan fingerprint density at radius 3 is 1.57 bits per heavy atom. The van der Waals surface area contributed by atoms with Gasteiger partial charge in [-0.05, 0) is 47.6 Å². The molecule has 0 aromatic heterocycles. The van der Waals surface area contributed by atoms with Crippen LogP contribution in [0.5, 0.6) is 0 Å². The second-order valence-corrected chi connectivity index (χ2v) is 12.9. The number of hydrogen-bond acceptors (Lipinski definition) is 8. The first-order chi connectivity index (χ1) is 25.2. The van der Waals surface area contributed by atoms with E-state index in [1.54, 1.807) is 0 Å². The van der Waals surface area contributed by atoms with E-state index in [4.69, 9.17) is 33.2 Å². The summed E-state index contributed by atoms with van der Waals surface area (Å²) in [6, 6.07) is 40.4. The first-order valence-electron chi connectivity index (χ1n) is 17.9. The molecule has 8 nitrogen and oxygen atoms in total. The van der Waals surface area contributed by atoms with Crippen LogP contribution in [0.1, 0.15) is 42.0 Å². The summed E-state index contributed by atoms with van der Waals surface area (Å²) in [4.78, 5) is 11.9. The SMILES string of the molecule is CCO[C@H]1C[C@@H](C[C@H]2O[C@H](COCc3ccccc3)[C@@H](OCc3ccccc3)[C@H](OCc3ccccc3)[C@H]2OCc2ccccc2)C=C(C=O)O1. The summed E-state index contributed by atoms with van der Waals surface area (Å²) in [5, 5.41) is 0. The zero-order valence-corrected chi connectivity index (χ0v) is 29.2. The van der Waals surface area contributed by atoms with Crippen molar-refractivity contribution >= 4 is 6.29 Å². The lowest BCUT2D eigenvalue weighted by Crippen LogP contribution is -2.61. The molecule has 2 aliphatic rings. The van der Waals surface area contributed by atoms with Gasteiger partial charge in [-0.1, -0.05) is 121 Å². The third-order valence-electron chi connectivity index (χ3n) is 9.15. The van der Waals surface area contributed by atoms with Gasteiger partial charge in [0.25, 0.3) is 0 Å². The van der Waals surface area contributed by atoms with Gasteiger partial charge in [0, 0.05) is 13.0 Å². The highest BCUT2D eigenvalue weighted by Crippen LogP contribution is 2.36. The van der Waals surface area contributed by atoms with E-state index in [0.29, 0.717) is 45.9 Å². The van der Waals surface area contributed by atoms with Crippen LogP contribution in [0, 0.1) is 5.92 Å². The van der Waals surface area contributed by atoms with Crippen molar-refractivity contribution in [3.63, 3.8) is 0 Å². The molecule has 6 rings (SSSR count). The van der Waals surface area contributed by atoms with E-state index < -0.39 is 36.8 Å². The van der Waals surface area contributed by atoms with Crippen LogP contribution >= 0.6 is 0 Å². The minimum Gasteiger partial charge on any atom is -0.462 e. The van der Waals surface area contributed by atoms with E-state index in [0.717, 1.165) is 28.5 Å². The van der Waals surface area contributed by atoms with E-state index in [1.807, 2.05) is 122 Å². The Kier molecular flexibility index (Phi) is 14.0. The van der Waals surface area contributed by atoms with Gasteiger partial charge in [0.05, 0.1) is 39.1 Å². The third-order valence-corrected chi connectivity index (χ3v) is 9.15. The molecular formula is C43H48O8. The largest absolute Gasteiger partial charge is 0.462 e. The van der Waals surface area contributed by atoms with E-state index in [9.17, 15) is 4.79 Å². The van der Waals surface area contributed by atoms with Gasteiger partial charge < -0.3 is 33.2 Å². The first-order valence-corrected chi connectivity index (χ1v) is 17.9. The Morgan fingerprint density at radius 2 is 1.08 bits per heavy atom. The summed E-state index contributed by atoms with van der Waals surface area (Å²) < 4.78 is 45.5. The van der Waals surface area contributed by atoms with Gasteiger partial charge in [-0.2, -0.15) is 0 Å². The molecule has 2 heterocycles.